The third-order valence-corrected chi connectivity index (χ3v) is 3.96. The molecule has 0 saturated carbocycles. The maximum absolute atomic E-state index is 11.8. The van der Waals surface area contributed by atoms with Crippen LogP contribution in [0.1, 0.15) is 18.4 Å². The van der Waals surface area contributed by atoms with Gasteiger partial charge in [-0.3, -0.25) is 14.3 Å². The molecular weight excluding hydrogens is 284 g/mol. The van der Waals surface area contributed by atoms with Gasteiger partial charge in [0.25, 0.3) is 5.69 Å². The molecule has 1 aromatic carbocycles. The SMILES string of the molecule is O=[N+]([O-])c1ccc(CS(=O)CCCCN=C=S)cc1. The van der Waals surface area contributed by atoms with Gasteiger partial charge in [-0.2, -0.15) is 0 Å². The smallest absolute Gasteiger partial charge is 0.259 e. The fraction of sp³-hybridized carbons (Fsp3) is 0.417. The first kappa shape index (κ1) is 15.6. The first-order valence-electron chi connectivity index (χ1n) is 5.75. The van der Waals surface area contributed by atoms with Gasteiger partial charge in [-0.05, 0) is 30.6 Å². The van der Waals surface area contributed by atoms with Crippen molar-refractivity contribution in [2.24, 2.45) is 4.99 Å². The van der Waals surface area contributed by atoms with E-state index in [2.05, 4.69) is 22.4 Å². The second kappa shape index (κ2) is 8.63. The first-order chi connectivity index (χ1) is 9.13. The summed E-state index contributed by atoms with van der Waals surface area (Å²) < 4.78 is 11.8. The lowest BCUT2D eigenvalue weighted by Gasteiger charge is -2.02. The Balaban J connectivity index is 2.35. The van der Waals surface area contributed by atoms with E-state index in [0.717, 1.165) is 18.4 Å². The molecule has 0 spiro atoms. The van der Waals surface area contributed by atoms with Gasteiger partial charge in [0.15, 0.2) is 0 Å². The van der Waals surface area contributed by atoms with Crippen LogP contribution in [0.25, 0.3) is 0 Å². The lowest BCUT2D eigenvalue weighted by Crippen LogP contribution is -2.02. The van der Waals surface area contributed by atoms with Crippen LogP contribution in [0.15, 0.2) is 29.3 Å². The van der Waals surface area contributed by atoms with Crippen molar-refractivity contribution in [1.29, 1.82) is 0 Å². The predicted octanol–water partition coefficient (Wildman–Crippen LogP) is 2.73. The zero-order chi connectivity index (χ0) is 14.1. The number of isothiocyanates is 1. The number of nitrogens with zero attached hydrogens (tertiary/aromatic N) is 2. The molecule has 1 rings (SSSR count). The first-order valence-corrected chi connectivity index (χ1v) is 7.65. The Kier molecular flexibility index (Phi) is 7.10. The van der Waals surface area contributed by atoms with Crippen LogP contribution in [0.3, 0.4) is 0 Å². The van der Waals surface area contributed by atoms with E-state index in [9.17, 15) is 14.3 Å². The van der Waals surface area contributed by atoms with E-state index in [1.807, 2.05) is 0 Å². The van der Waals surface area contributed by atoms with Gasteiger partial charge in [0, 0.05) is 41.0 Å². The van der Waals surface area contributed by atoms with Crippen molar-refractivity contribution in [3.05, 3.63) is 39.9 Å². The third kappa shape index (κ3) is 6.33. The second-order valence-electron chi connectivity index (χ2n) is 3.89. The molecule has 0 aromatic heterocycles. The van der Waals surface area contributed by atoms with E-state index in [1.165, 1.54) is 12.1 Å². The molecule has 0 fully saturated rings. The summed E-state index contributed by atoms with van der Waals surface area (Å²) in [6.45, 7) is 0.623. The average molecular weight is 298 g/mol. The van der Waals surface area contributed by atoms with Crippen LogP contribution < -0.4 is 0 Å². The summed E-state index contributed by atoms with van der Waals surface area (Å²) in [7, 11) is -0.952. The quantitative estimate of drug-likeness (QED) is 0.243. The molecule has 5 nitrogen and oxygen atoms in total. The van der Waals surface area contributed by atoms with Crippen LogP contribution in [-0.2, 0) is 16.6 Å². The van der Waals surface area contributed by atoms with Gasteiger partial charge in [0.1, 0.15) is 0 Å². The van der Waals surface area contributed by atoms with Crippen molar-refractivity contribution in [3.63, 3.8) is 0 Å². The Morgan fingerprint density at radius 2 is 2.00 bits per heavy atom. The van der Waals surface area contributed by atoms with Gasteiger partial charge in [-0.1, -0.05) is 12.1 Å². The number of non-ortho nitro benzene ring substituents is 1. The molecule has 0 N–H and O–H groups in total. The van der Waals surface area contributed by atoms with Crippen molar-refractivity contribution in [2.45, 2.75) is 18.6 Å². The van der Waals surface area contributed by atoms with Gasteiger partial charge in [0.05, 0.1) is 10.1 Å². The summed E-state index contributed by atoms with van der Waals surface area (Å²) >= 11 is 4.44. The fourth-order valence-electron chi connectivity index (χ4n) is 1.47. The third-order valence-electron chi connectivity index (χ3n) is 2.43. The number of aliphatic imine (C=N–C) groups is 1. The fourth-order valence-corrected chi connectivity index (χ4v) is 2.80. The standard InChI is InChI=1S/C12H14N2O3S2/c15-14(16)12-5-3-11(4-6-12)9-19(17)8-2-1-7-13-10-18/h3-6H,1-2,7-9H2. The van der Waals surface area contributed by atoms with Crippen LogP contribution in [0.5, 0.6) is 0 Å². The Bertz CT molecular complexity index is 496. The van der Waals surface area contributed by atoms with Crippen molar-refractivity contribution < 1.29 is 9.13 Å². The molecule has 0 aliphatic rings. The van der Waals surface area contributed by atoms with E-state index in [1.54, 1.807) is 12.1 Å². The molecule has 1 unspecified atom stereocenters. The molecule has 0 heterocycles. The van der Waals surface area contributed by atoms with E-state index < -0.39 is 15.7 Å². The summed E-state index contributed by atoms with van der Waals surface area (Å²) in [6.07, 6.45) is 1.66. The van der Waals surface area contributed by atoms with E-state index in [4.69, 9.17) is 0 Å². The lowest BCUT2D eigenvalue weighted by atomic mass is 10.2. The lowest BCUT2D eigenvalue weighted by molar-refractivity contribution is -0.384. The summed E-state index contributed by atoms with van der Waals surface area (Å²) in [5, 5.41) is 12.8. The molecule has 0 radical (unpaired) electrons. The van der Waals surface area contributed by atoms with Crippen LogP contribution in [0.2, 0.25) is 0 Å². The molecule has 102 valence electrons. The largest absolute Gasteiger partial charge is 0.269 e. The van der Waals surface area contributed by atoms with Crippen LogP contribution in [0.4, 0.5) is 5.69 Å². The molecule has 0 aliphatic carbocycles. The number of nitro groups is 1. The highest BCUT2D eigenvalue weighted by atomic mass is 32.2. The van der Waals surface area contributed by atoms with Gasteiger partial charge in [-0.25, -0.2) is 4.99 Å². The summed E-state index contributed by atoms with van der Waals surface area (Å²) in [4.78, 5) is 13.8. The van der Waals surface area contributed by atoms with Crippen LogP contribution in [-0.4, -0.2) is 26.6 Å². The van der Waals surface area contributed by atoms with Gasteiger partial charge in [0.2, 0.25) is 0 Å². The van der Waals surface area contributed by atoms with E-state index in [0.29, 0.717) is 18.1 Å². The summed E-state index contributed by atoms with van der Waals surface area (Å²) in [5.41, 5.74) is 0.897. The second-order valence-corrected chi connectivity index (χ2v) is 5.65. The molecule has 0 aliphatic heterocycles. The number of hydrogen-bond donors (Lipinski definition) is 0. The molecule has 7 heteroatoms. The number of benzene rings is 1. The van der Waals surface area contributed by atoms with Gasteiger partial charge in [-0.15, -0.1) is 0 Å². The average Bonchev–Trinajstić information content (AvgIpc) is 2.39. The molecule has 19 heavy (non-hydrogen) atoms. The zero-order valence-electron chi connectivity index (χ0n) is 10.3. The minimum absolute atomic E-state index is 0.0487. The number of unbranched alkanes of at least 4 members (excludes halogenated alkanes) is 1. The van der Waals surface area contributed by atoms with E-state index >= 15 is 0 Å². The minimum Gasteiger partial charge on any atom is -0.259 e. The predicted molar refractivity (Wildman–Crippen MR) is 78.9 cm³/mol. The Morgan fingerprint density at radius 1 is 1.32 bits per heavy atom. The number of rotatable bonds is 8. The number of nitro benzene ring substituents is 1. The summed E-state index contributed by atoms with van der Waals surface area (Å²) in [6, 6.07) is 6.15. The highest BCUT2D eigenvalue weighted by Crippen LogP contribution is 2.13. The van der Waals surface area contributed by atoms with Gasteiger partial charge >= 0.3 is 0 Å². The monoisotopic (exact) mass is 298 g/mol. The normalized spacial score (nSPS) is 11.6. The maximum Gasteiger partial charge on any atom is 0.269 e. The topological polar surface area (TPSA) is 72.6 Å². The zero-order valence-corrected chi connectivity index (χ0v) is 11.9. The van der Waals surface area contributed by atoms with E-state index in [-0.39, 0.29) is 5.69 Å². The molecular formula is C12H14N2O3S2. The Hall–Kier alpha value is -1.43. The summed E-state index contributed by atoms with van der Waals surface area (Å²) in [5.74, 6) is 1.03. The minimum atomic E-state index is -0.952. The molecule has 0 bridgehead atoms. The van der Waals surface area contributed by atoms with Crippen molar-refractivity contribution in [2.75, 3.05) is 12.3 Å². The number of hydrogen-bond acceptors (Lipinski definition) is 5. The highest BCUT2D eigenvalue weighted by molar-refractivity contribution is 7.84. The van der Waals surface area contributed by atoms with Crippen molar-refractivity contribution in [1.82, 2.24) is 0 Å². The molecule has 1 atom stereocenters. The van der Waals surface area contributed by atoms with Crippen molar-refractivity contribution in [3.8, 4) is 0 Å². The van der Waals surface area contributed by atoms with Crippen molar-refractivity contribution >= 4 is 33.9 Å². The molecule has 0 amide bonds. The molecule has 0 saturated heterocycles. The van der Waals surface area contributed by atoms with Gasteiger partial charge < -0.3 is 0 Å². The van der Waals surface area contributed by atoms with Crippen LogP contribution in [0, 0.1) is 10.1 Å². The maximum atomic E-state index is 11.8. The highest BCUT2D eigenvalue weighted by Gasteiger charge is 2.06. The van der Waals surface area contributed by atoms with Crippen LogP contribution >= 0.6 is 12.2 Å². The number of thiocarbonyl (C=S) groups is 1. The Morgan fingerprint density at radius 3 is 2.58 bits per heavy atom. The molecule has 1 aromatic rings. The Labute approximate surface area is 119 Å².